The third kappa shape index (κ3) is 2.83. The van der Waals surface area contributed by atoms with E-state index in [9.17, 15) is 0 Å². The van der Waals surface area contributed by atoms with Gasteiger partial charge in [-0.3, -0.25) is 4.90 Å². The van der Waals surface area contributed by atoms with Crippen LogP contribution in [0.15, 0.2) is 35.1 Å². The number of nitrogens with zero attached hydrogens (tertiary/aromatic N) is 3. The molecule has 1 aromatic heterocycles. The summed E-state index contributed by atoms with van der Waals surface area (Å²) >= 11 is 3.35. The first kappa shape index (κ1) is 13.5. The quantitative estimate of drug-likeness (QED) is 0.935. The Morgan fingerprint density at radius 3 is 2.85 bits per heavy atom. The maximum absolute atomic E-state index is 4.27. The molecule has 4 nitrogen and oxygen atoms in total. The van der Waals surface area contributed by atoms with E-state index in [1.165, 1.54) is 11.1 Å². The Bertz CT molecular complexity index is 597. The lowest BCUT2D eigenvalue weighted by Gasteiger charge is -2.29. The molecule has 0 amide bonds. The summed E-state index contributed by atoms with van der Waals surface area (Å²) in [5.74, 6) is 0.638. The molecule has 0 spiro atoms. The molecule has 2 aromatic rings. The lowest BCUT2D eigenvalue weighted by atomic mass is 9.98. The van der Waals surface area contributed by atoms with E-state index in [2.05, 4.69) is 61.2 Å². The van der Waals surface area contributed by atoms with Crippen LogP contribution in [-0.2, 0) is 13.0 Å². The van der Waals surface area contributed by atoms with Crippen LogP contribution < -0.4 is 5.32 Å². The van der Waals surface area contributed by atoms with E-state index < -0.39 is 0 Å². The van der Waals surface area contributed by atoms with Gasteiger partial charge in [0.2, 0.25) is 5.95 Å². The molecule has 3 rings (SSSR count). The average molecular weight is 333 g/mol. The summed E-state index contributed by atoms with van der Waals surface area (Å²) in [4.78, 5) is 11.0. The van der Waals surface area contributed by atoms with Gasteiger partial charge in [-0.05, 0) is 46.1 Å². The number of fused-ring (bicyclic) bond motifs is 1. The molecule has 0 atom stereocenters. The highest BCUT2D eigenvalue weighted by Crippen LogP contribution is 2.27. The molecule has 0 bridgehead atoms. The van der Waals surface area contributed by atoms with E-state index in [0.717, 1.165) is 36.2 Å². The van der Waals surface area contributed by atoms with E-state index in [1.54, 1.807) is 12.4 Å². The summed E-state index contributed by atoms with van der Waals surface area (Å²) in [5.41, 5.74) is 3.92. The van der Waals surface area contributed by atoms with Crippen molar-refractivity contribution in [1.82, 2.24) is 14.9 Å². The third-order valence-corrected chi connectivity index (χ3v) is 4.07. The number of halogens is 1. The highest BCUT2D eigenvalue weighted by Gasteiger charge is 2.17. The fourth-order valence-corrected chi connectivity index (χ4v) is 2.76. The van der Waals surface area contributed by atoms with Crippen LogP contribution in [0.2, 0.25) is 0 Å². The predicted molar refractivity (Wildman–Crippen MR) is 84.1 cm³/mol. The minimum atomic E-state index is 0.638. The second-order valence-corrected chi connectivity index (χ2v) is 5.83. The first-order valence-electron chi connectivity index (χ1n) is 6.84. The number of likely N-dealkylation sites (N-methyl/N-ethyl adjacent to an activating group) is 1. The van der Waals surface area contributed by atoms with Crippen LogP contribution in [-0.4, -0.2) is 28.0 Å². The summed E-state index contributed by atoms with van der Waals surface area (Å²) < 4.78 is 0.886. The largest absolute Gasteiger partial charge is 0.324 e. The number of benzene rings is 1. The van der Waals surface area contributed by atoms with Gasteiger partial charge in [0.1, 0.15) is 0 Å². The Balaban J connectivity index is 1.86. The van der Waals surface area contributed by atoms with Crippen molar-refractivity contribution < 1.29 is 0 Å². The molecule has 0 radical (unpaired) electrons. The minimum Gasteiger partial charge on any atom is -0.324 e. The van der Waals surface area contributed by atoms with Gasteiger partial charge < -0.3 is 5.32 Å². The zero-order chi connectivity index (χ0) is 13.9. The van der Waals surface area contributed by atoms with Gasteiger partial charge in [-0.25, -0.2) is 9.97 Å². The van der Waals surface area contributed by atoms with Gasteiger partial charge >= 0.3 is 0 Å². The van der Waals surface area contributed by atoms with Crippen LogP contribution in [0.3, 0.4) is 0 Å². The molecule has 104 valence electrons. The van der Waals surface area contributed by atoms with Crippen LogP contribution in [0.5, 0.6) is 0 Å². The number of anilines is 2. The summed E-state index contributed by atoms with van der Waals surface area (Å²) in [6, 6.07) is 6.41. The van der Waals surface area contributed by atoms with Gasteiger partial charge in [0.05, 0.1) is 4.47 Å². The monoisotopic (exact) mass is 332 g/mol. The van der Waals surface area contributed by atoms with Gasteiger partial charge in [-0.2, -0.15) is 0 Å². The van der Waals surface area contributed by atoms with Crippen LogP contribution in [0.4, 0.5) is 11.6 Å². The van der Waals surface area contributed by atoms with Crippen molar-refractivity contribution in [3.8, 4) is 0 Å². The Morgan fingerprint density at radius 1 is 1.30 bits per heavy atom. The van der Waals surface area contributed by atoms with E-state index in [0.29, 0.717) is 5.95 Å². The fourth-order valence-electron chi connectivity index (χ4n) is 2.55. The van der Waals surface area contributed by atoms with Crippen LogP contribution in [0.25, 0.3) is 0 Å². The summed E-state index contributed by atoms with van der Waals surface area (Å²) in [6.07, 6.45) is 4.58. The van der Waals surface area contributed by atoms with Crippen molar-refractivity contribution in [2.75, 3.05) is 18.4 Å². The van der Waals surface area contributed by atoms with E-state index >= 15 is 0 Å². The summed E-state index contributed by atoms with van der Waals surface area (Å²) in [6.45, 7) is 5.46. The molecule has 20 heavy (non-hydrogen) atoms. The van der Waals surface area contributed by atoms with Crippen molar-refractivity contribution >= 4 is 27.6 Å². The number of hydrogen-bond donors (Lipinski definition) is 1. The van der Waals surface area contributed by atoms with Crippen LogP contribution in [0.1, 0.15) is 18.1 Å². The lowest BCUT2D eigenvalue weighted by molar-refractivity contribution is 0.268. The molecule has 0 saturated heterocycles. The molecule has 1 aromatic carbocycles. The summed E-state index contributed by atoms with van der Waals surface area (Å²) in [7, 11) is 0. The van der Waals surface area contributed by atoms with Crippen molar-refractivity contribution in [3.63, 3.8) is 0 Å². The molecule has 5 heteroatoms. The normalized spacial score (nSPS) is 14.9. The molecule has 0 saturated carbocycles. The van der Waals surface area contributed by atoms with Crippen molar-refractivity contribution in [1.29, 1.82) is 0 Å². The smallest absolute Gasteiger partial charge is 0.227 e. The Hall–Kier alpha value is -1.46. The molecule has 1 N–H and O–H groups in total. The Labute approximate surface area is 127 Å². The SMILES string of the molecule is CCN1CCc2c(cccc2Nc2ncc(Br)cn2)C1. The minimum absolute atomic E-state index is 0.638. The molecule has 0 unspecified atom stereocenters. The Kier molecular flexibility index (Phi) is 3.98. The first-order valence-corrected chi connectivity index (χ1v) is 7.63. The standard InChI is InChI=1S/C15H17BrN4/c1-2-20-7-6-13-11(10-20)4-3-5-14(13)19-15-17-8-12(16)9-18-15/h3-5,8-9H,2,6-7,10H2,1H3,(H,17,18,19). The highest BCUT2D eigenvalue weighted by atomic mass is 79.9. The maximum Gasteiger partial charge on any atom is 0.227 e. The van der Waals surface area contributed by atoms with E-state index in [1.807, 2.05) is 0 Å². The molecule has 1 aliphatic heterocycles. The molecular weight excluding hydrogens is 316 g/mol. The second kappa shape index (κ2) is 5.89. The number of rotatable bonds is 3. The number of hydrogen-bond acceptors (Lipinski definition) is 4. The van der Waals surface area contributed by atoms with Crippen LogP contribution in [0, 0.1) is 0 Å². The zero-order valence-corrected chi connectivity index (χ0v) is 13.0. The average Bonchev–Trinajstić information content (AvgIpc) is 2.49. The maximum atomic E-state index is 4.27. The lowest BCUT2D eigenvalue weighted by Crippen LogP contribution is -2.30. The van der Waals surface area contributed by atoms with E-state index in [4.69, 9.17) is 0 Å². The topological polar surface area (TPSA) is 41.0 Å². The number of aromatic nitrogens is 2. The van der Waals surface area contributed by atoms with Crippen molar-refractivity contribution in [3.05, 3.63) is 46.2 Å². The van der Waals surface area contributed by atoms with Gasteiger partial charge in [-0.1, -0.05) is 19.1 Å². The van der Waals surface area contributed by atoms with Crippen molar-refractivity contribution in [2.45, 2.75) is 19.9 Å². The van der Waals surface area contributed by atoms with Gasteiger partial charge in [0, 0.05) is 31.2 Å². The third-order valence-electron chi connectivity index (χ3n) is 3.66. The molecule has 1 aliphatic rings. The molecule has 2 heterocycles. The molecule has 0 aliphatic carbocycles. The fraction of sp³-hybridized carbons (Fsp3) is 0.333. The predicted octanol–water partition coefficient (Wildman–Crippen LogP) is 3.36. The Morgan fingerprint density at radius 2 is 2.10 bits per heavy atom. The van der Waals surface area contributed by atoms with Gasteiger partial charge in [-0.15, -0.1) is 0 Å². The van der Waals surface area contributed by atoms with E-state index in [-0.39, 0.29) is 0 Å². The highest BCUT2D eigenvalue weighted by molar-refractivity contribution is 9.10. The molecular formula is C15H17BrN4. The zero-order valence-electron chi connectivity index (χ0n) is 11.4. The van der Waals surface area contributed by atoms with Gasteiger partial charge in [0.15, 0.2) is 0 Å². The van der Waals surface area contributed by atoms with Crippen LogP contribution >= 0.6 is 15.9 Å². The summed E-state index contributed by atoms with van der Waals surface area (Å²) in [5, 5.41) is 3.33. The first-order chi connectivity index (χ1) is 9.76. The second-order valence-electron chi connectivity index (χ2n) is 4.91. The number of nitrogens with one attached hydrogen (secondary N) is 1. The van der Waals surface area contributed by atoms with Gasteiger partial charge in [0.25, 0.3) is 0 Å². The van der Waals surface area contributed by atoms with Crippen molar-refractivity contribution in [2.24, 2.45) is 0 Å². The molecule has 0 fully saturated rings.